The van der Waals surface area contributed by atoms with Crippen LogP contribution in [0, 0.1) is 12.7 Å². The van der Waals surface area contributed by atoms with E-state index in [1.807, 2.05) is 24.3 Å². The van der Waals surface area contributed by atoms with E-state index in [9.17, 15) is 12.8 Å². The summed E-state index contributed by atoms with van der Waals surface area (Å²) in [6, 6.07) is 10.6. The molecule has 32 heavy (non-hydrogen) atoms. The Kier molecular flexibility index (Phi) is 6.38. The van der Waals surface area contributed by atoms with Gasteiger partial charge in [-0.3, -0.25) is 0 Å². The Balaban J connectivity index is 1.89. The zero-order valence-corrected chi connectivity index (χ0v) is 19.3. The van der Waals surface area contributed by atoms with Crippen LogP contribution in [0.4, 0.5) is 27.5 Å². The van der Waals surface area contributed by atoms with E-state index in [-0.39, 0.29) is 27.8 Å². The van der Waals surface area contributed by atoms with Crippen LogP contribution in [0.25, 0.3) is 0 Å². The van der Waals surface area contributed by atoms with E-state index in [0.717, 1.165) is 11.8 Å². The third-order valence-electron chi connectivity index (χ3n) is 4.77. The van der Waals surface area contributed by atoms with Crippen LogP contribution in [0.5, 0.6) is 5.75 Å². The monoisotopic (exact) mass is 459 g/mol. The molecule has 0 aliphatic rings. The summed E-state index contributed by atoms with van der Waals surface area (Å²) in [5.74, 6) is -0.432. The summed E-state index contributed by atoms with van der Waals surface area (Å²) in [4.78, 5) is 7.94. The molecular weight excluding hydrogens is 433 g/mol. The number of aromatic nitrogens is 2. The fourth-order valence-electron chi connectivity index (χ4n) is 3.12. The molecule has 0 spiro atoms. The SMILES string of the molecule is COc1c(C)cc(Nc2ncc(F)c(Nc3ccc(C(C)(C)C)cc3)n2)cc1S(N)(=O)=O. The lowest BCUT2D eigenvalue weighted by Crippen LogP contribution is -2.14. The number of nitrogens with zero attached hydrogens (tertiary/aromatic N) is 2. The fourth-order valence-corrected chi connectivity index (χ4v) is 3.92. The number of ether oxygens (including phenoxy) is 1. The highest BCUT2D eigenvalue weighted by Gasteiger charge is 2.19. The summed E-state index contributed by atoms with van der Waals surface area (Å²) in [5.41, 5.74) is 2.72. The number of halogens is 1. The number of hydrogen-bond donors (Lipinski definition) is 3. The zero-order chi connectivity index (χ0) is 23.7. The van der Waals surface area contributed by atoms with Crippen LogP contribution in [-0.4, -0.2) is 25.5 Å². The summed E-state index contributed by atoms with van der Waals surface area (Å²) in [5, 5.41) is 11.1. The summed E-state index contributed by atoms with van der Waals surface area (Å²) >= 11 is 0. The van der Waals surface area contributed by atoms with E-state index in [2.05, 4.69) is 41.4 Å². The molecule has 10 heteroatoms. The molecule has 1 aromatic heterocycles. The molecule has 3 aromatic rings. The molecule has 0 saturated heterocycles. The third kappa shape index (κ3) is 5.32. The molecule has 4 N–H and O–H groups in total. The minimum atomic E-state index is -4.03. The Morgan fingerprint density at radius 1 is 1.06 bits per heavy atom. The average molecular weight is 460 g/mol. The lowest BCUT2D eigenvalue weighted by atomic mass is 9.87. The third-order valence-corrected chi connectivity index (χ3v) is 5.68. The second-order valence-corrected chi connectivity index (χ2v) is 9.87. The summed E-state index contributed by atoms with van der Waals surface area (Å²) in [7, 11) is -2.67. The van der Waals surface area contributed by atoms with Gasteiger partial charge in [0, 0.05) is 11.4 Å². The molecule has 0 fully saturated rings. The number of hydrogen-bond acceptors (Lipinski definition) is 7. The van der Waals surface area contributed by atoms with Gasteiger partial charge in [-0.15, -0.1) is 0 Å². The maximum Gasteiger partial charge on any atom is 0.241 e. The van der Waals surface area contributed by atoms with Gasteiger partial charge in [0.15, 0.2) is 11.6 Å². The van der Waals surface area contributed by atoms with Gasteiger partial charge in [-0.1, -0.05) is 32.9 Å². The van der Waals surface area contributed by atoms with Crippen LogP contribution < -0.4 is 20.5 Å². The first kappa shape index (κ1) is 23.4. The van der Waals surface area contributed by atoms with Crippen LogP contribution in [0.15, 0.2) is 47.5 Å². The van der Waals surface area contributed by atoms with Gasteiger partial charge in [0.25, 0.3) is 0 Å². The number of benzene rings is 2. The molecule has 1 heterocycles. The van der Waals surface area contributed by atoms with Crippen molar-refractivity contribution >= 4 is 33.2 Å². The smallest absolute Gasteiger partial charge is 0.241 e. The lowest BCUT2D eigenvalue weighted by Gasteiger charge is -2.19. The second kappa shape index (κ2) is 8.71. The molecule has 8 nitrogen and oxygen atoms in total. The normalized spacial score (nSPS) is 11.8. The molecule has 0 unspecified atom stereocenters. The molecule has 0 amide bonds. The van der Waals surface area contributed by atoms with Crippen molar-refractivity contribution in [3.8, 4) is 5.75 Å². The predicted octanol–water partition coefficient (Wildman–Crippen LogP) is 4.36. The number of aryl methyl sites for hydroxylation is 1. The molecule has 0 radical (unpaired) electrons. The molecular formula is C22H26FN5O3S. The molecule has 170 valence electrons. The maximum atomic E-state index is 14.3. The number of anilines is 4. The number of nitrogens with one attached hydrogen (secondary N) is 2. The van der Waals surface area contributed by atoms with Gasteiger partial charge >= 0.3 is 0 Å². The van der Waals surface area contributed by atoms with E-state index >= 15 is 0 Å². The van der Waals surface area contributed by atoms with Crippen molar-refractivity contribution in [2.45, 2.75) is 38.0 Å². The minimum absolute atomic E-state index is 0.00213. The topological polar surface area (TPSA) is 119 Å². The standard InChI is InChI=1S/C22H26FN5O3S/c1-13-10-16(11-18(19(13)31-5)32(24,29)30)27-21-25-12-17(23)20(28-21)26-15-8-6-14(7-9-15)22(2,3)4/h6-12H,1-5H3,(H2,24,29,30)(H2,25,26,27,28). The summed E-state index contributed by atoms with van der Waals surface area (Å²) < 4.78 is 43.4. The second-order valence-electron chi connectivity index (χ2n) is 8.34. The first-order valence-corrected chi connectivity index (χ1v) is 11.3. The van der Waals surface area contributed by atoms with E-state index in [1.165, 1.54) is 13.2 Å². The van der Waals surface area contributed by atoms with Gasteiger partial charge in [0.05, 0.1) is 13.3 Å². The first-order valence-electron chi connectivity index (χ1n) is 9.77. The highest BCUT2D eigenvalue weighted by atomic mass is 32.2. The Morgan fingerprint density at radius 2 is 1.72 bits per heavy atom. The summed E-state index contributed by atoms with van der Waals surface area (Å²) in [6.45, 7) is 8.01. The zero-order valence-electron chi connectivity index (χ0n) is 18.5. The molecule has 0 aliphatic carbocycles. The number of methoxy groups -OCH3 is 1. The molecule has 2 aromatic carbocycles. The van der Waals surface area contributed by atoms with Crippen molar-refractivity contribution in [3.05, 3.63) is 59.5 Å². The largest absolute Gasteiger partial charge is 0.495 e. The van der Waals surface area contributed by atoms with Crippen molar-refractivity contribution in [3.63, 3.8) is 0 Å². The van der Waals surface area contributed by atoms with Gasteiger partial charge in [0.2, 0.25) is 16.0 Å². The van der Waals surface area contributed by atoms with Gasteiger partial charge < -0.3 is 15.4 Å². The van der Waals surface area contributed by atoms with Gasteiger partial charge in [-0.25, -0.2) is 22.9 Å². The summed E-state index contributed by atoms with van der Waals surface area (Å²) in [6.07, 6.45) is 1.03. The Hall–Kier alpha value is -3.24. The Labute approximate surface area is 187 Å². The highest BCUT2D eigenvalue weighted by Crippen LogP contribution is 2.32. The Morgan fingerprint density at radius 3 is 2.28 bits per heavy atom. The number of sulfonamides is 1. The maximum absolute atomic E-state index is 14.3. The molecule has 0 atom stereocenters. The molecule has 0 saturated carbocycles. The molecule has 0 bridgehead atoms. The minimum Gasteiger partial charge on any atom is -0.495 e. The number of primary sulfonamides is 1. The van der Waals surface area contributed by atoms with Crippen molar-refractivity contribution in [1.82, 2.24) is 9.97 Å². The van der Waals surface area contributed by atoms with Crippen molar-refractivity contribution < 1.29 is 17.5 Å². The lowest BCUT2D eigenvalue weighted by molar-refractivity contribution is 0.399. The van der Waals surface area contributed by atoms with Crippen LogP contribution in [0.2, 0.25) is 0 Å². The fraction of sp³-hybridized carbons (Fsp3) is 0.273. The van der Waals surface area contributed by atoms with Crippen molar-refractivity contribution in [2.24, 2.45) is 5.14 Å². The van der Waals surface area contributed by atoms with Crippen LogP contribution >= 0.6 is 0 Å². The predicted molar refractivity (Wildman–Crippen MR) is 123 cm³/mol. The van der Waals surface area contributed by atoms with E-state index < -0.39 is 15.8 Å². The van der Waals surface area contributed by atoms with Crippen LogP contribution in [0.1, 0.15) is 31.9 Å². The number of rotatable bonds is 6. The average Bonchev–Trinajstić information content (AvgIpc) is 2.69. The van der Waals surface area contributed by atoms with Crippen molar-refractivity contribution in [1.29, 1.82) is 0 Å². The van der Waals surface area contributed by atoms with E-state index in [1.54, 1.807) is 13.0 Å². The van der Waals surface area contributed by atoms with Crippen molar-refractivity contribution in [2.75, 3.05) is 17.7 Å². The van der Waals surface area contributed by atoms with E-state index in [0.29, 0.717) is 16.9 Å². The van der Waals surface area contributed by atoms with Crippen LogP contribution in [-0.2, 0) is 15.4 Å². The van der Waals surface area contributed by atoms with E-state index in [4.69, 9.17) is 9.88 Å². The van der Waals surface area contributed by atoms with Gasteiger partial charge in [-0.05, 0) is 47.7 Å². The highest BCUT2D eigenvalue weighted by molar-refractivity contribution is 7.89. The first-order chi connectivity index (χ1) is 14.9. The number of nitrogens with two attached hydrogens (primary N) is 1. The molecule has 3 rings (SSSR count). The quantitative estimate of drug-likeness (QED) is 0.501. The molecule has 0 aliphatic heterocycles. The van der Waals surface area contributed by atoms with Gasteiger partial charge in [0.1, 0.15) is 10.6 Å². The Bertz CT molecular complexity index is 1240. The van der Waals surface area contributed by atoms with Gasteiger partial charge in [-0.2, -0.15) is 4.98 Å². The van der Waals surface area contributed by atoms with Crippen LogP contribution in [0.3, 0.4) is 0 Å².